The van der Waals surface area contributed by atoms with Gasteiger partial charge >= 0.3 is 17.9 Å². The largest absolute Gasteiger partial charge is 0.480 e. The molecule has 1 aliphatic rings. The minimum atomic E-state index is -0.944. The van der Waals surface area contributed by atoms with Crippen LogP contribution in [0.4, 0.5) is 0 Å². The van der Waals surface area contributed by atoms with Gasteiger partial charge in [-0.1, -0.05) is 54.4 Å². The van der Waals surface area contributed by atoms with E-state index in [0.29, 0.717) is 37.9 Å². The first-order valence-corrected chi connectivity index (χ1v) is 13.4. The monoisotopic (exact) mass is 499 g/mol. The molecule has 9 nitrogen and oxygen atoms in total. The molecule has 4 atom stereocenters. The predicted octanol–water partition coefficient (Wildman–Crippen LogP) is 3.03. The van der Waals surface area contributed by atoms with E-state index in [-0.39, 0.29) is 50.3 Å². The zero-order valence-corrected chi connectivity index (χ0v) is 22.7. The van der Waals surface area contributed by atoms with E-state index in [0.717, 1.165) is 25.7 Å². The summed E-state index contributed by atoms with van der Waals surface area (Å²) < 4.78 is 5.49. The van der Waals surface area contributed by atoms with Crippen LogP contribution < -0.4 is 0 Å². The van der Waals surface area contributed by atoms with Crippen molar-refractivity contribution in [3.05, 3.63) is 0 Å². The smallest absolute Gasteiger partial charge is 0.320 e. The van der Waals surface area contributed by atoms with Gasteiger partial charge in [0.2, 0.25) is 0 Å². The molecule has 0 bridgehead atoms. The minimum Gasteiger partial charge on any atom is -0.480 e. The van der Waals surface area contributed by atoms with Crippen molar-refractivity contribution in [2.24, 2.45) is 11.8 Å². The topological polar surface area (TPSA) is 111 Å². The first kappa shape index (κ1) is 31.3. The number of carbonyl (C=O) groups is 3. The molecule has 0 amide bonds. The van der Waals surface area contributed by atoms with Crippen LogP contribution in [-0.4, -0.2) is 107 Å². The van der Waals surface area contributed by atoms with E-state index >= 15 is 0 Å². The SMILES string of the molecule is CCC(C)C(CC)CN(CC(=O)O)C(CC)CN(CC(=O)O)C1COC(=O)CN(C(CC)CC)C1. The lowest BCUT2D eigenvalue weighted by atomic mass is 9.88. The number of carboxylic acid groups (broad SMARTS) is 2. The summed E-state index contributed by atoms with van der Waals surface area (Å²) in [7, 11) is 0. The molecule has 204 valence electrons. The van der Waals surface area contributed by atoms with E-state index in [4.69, 9.17) is 4.74 Å². The maximum absolute atomic E-state index is 12.3. The molecule has 0 aromatic carbocycles. The highest BCUT2D eigenvalue weighted by molar-refractivity contribution is 5.72. The Morgan fingerprint density at radius 2 is 1.60 bits per heavy atom. The van der Waals surface area contributed by atoms with Gasteiger partial charge in [0.25, 0.3) is 0 Å². The summed E-state index contributed by atoms with van der Waals surface area (Å²) in [5.74, 6) is -1.27. The second-order valence-corrected chi connectivity index (χ2v) is 10.00. The van der Waals surface area contributed by atoms with Crippen LogP contribution >= 0.6 is 0 Å². The zero-order valence-electron chi connectivity index (χ0n) is 22.7. The molecule has 0 spiro atoms. The summed E-state index contributed by atoms with van der Waals surface area (Å²) in [6, 6.07) is -0.166. The second-order valence-electron chi connectivity index (χ2n) is 10.00. The van der Waals surface area contributed by atoms with Gasteiger partial charge in [0.05, 0.1) is 25.7 Å². The quantitative estimate of drug-likeness (QED) is 0.292. The summed E-state index contributed by atoms with van der Waals surface area (Å²) in [5.41, 5.74) is 0. The third-order valence-electron chi connectivity index (χ3n) is 7.74. The van der Waals surface area contributed by atoms with Gasteiger partial charge in [0.15, 0.2) is 0 Å². The summed E-state index contributed by atoms with van der Waals surface area (Å²) in [6.07, 6.45) is 4.48. The van der Waals surface area contributed by atoms with Crippen LogP contribution in [0.2, 0.25) is 0 Å². The molecule has 1 heterocycles. The summed E-state index contributed by atoms with van der Waals surface area (Å²) in [5, 5.41) is 19.3. The summed E-state index contributed by atoms with van der Waals surface area (Å²) >= 11 is 0. The zero-order chi connectivity index (χ0) is 26.5. The number of hydrogen-bond donors (Lipinski definition) is 2. The highest BCUT2D eigenvalue weighted by atomic mass is 16.5. The first-order chi connectivity index (χ1) is 16.6. The van der Waals surface area contributed by atoms with Gasteiger partial charge in [-0.2, -0.15) is 0 Å². The van der Waals surface area contributed by atoms with Crippen molar-refractivity contribution in [3.8, 4) is 0 Å². The van der Waals surface area contributed by atoms with E-state index in [2.05, 4.69) is 39.5 Å². The molecule has 0 saturated carbocycles. The Morgan fingerprint density at radius 3 is 2.09 bits per heavy atom. The number of carboxylic acids is 2. The van der Waals surface area contributed by atoms with Crippen LogP contribution in [0.5, 0.6) is 0 Å². The van der Waals surface area contributed by atoms with Crippen LogP contribution in [0, 0.1) is 11.8 Å². The normalized spacial score (nSPS) is 20.0. The fraction of sp³-hybridized carbons (Fsp3) is 0.885. The van der Waals surface area contributed by atoms with E-state index < -0.39 is 11.9 Å². The van der Waals surface area contributed by atoms with Crippen molar-refractivity contribution >= 4 is 17.9 Å². The Kier molecular flexibility index (Phi) is 14.4. The Balaban J connectivity index is 3.20. The predicted molar refractivity (Wildman–Crippen MR) is 136 cm³/mol. The van der Waals surface area contributed by atoms with Gasteiger partial charge < -0.3 is 14.9 Å². The van der Waals surface area contributed by atoms with Gasteiger partial charge in [-0.25, -0.2) is 0 Å². The van der Waals surface area contributed by atoms with Crippen LogP contribution in [-0.2, 0) is 19.1 Å². The summed E-state index contributed by atoms with van der Waals surface area (Å²) in [4.78, 5) is 41.9. The third kappa shape index (κ3) is 10.4. The number of esters is 1. The summed E-state index contributed by atoms with van der Waals surface area (Å²) in [6.45, 7) is 14.4. The molecule has 1 saturated heterocycles. The van der Waals surface area contributed by atoms with Crippen molar-refractivity contribution in [1.29, 1.82) is 0 Å². The molecular formula is C26H49N3O6. The van der Waals surface area contributed by atoms with Crippen LogP contribution in [0.3, 0.4) is 0 Å². The highest BCUT2D eigenvalue weighted by Crippen LogP contribution is 2.23. The van der Waals surface area contributed by atoms with Gasteiger partial charge in [0.1, 0.15) is 6.61 Å². The molecule has 2 N–H and O–H groups in total. The van der Waals surface area contributed by atoms with Crippen molar-refractivity contribution in [3.63, 3.8) is 0 Å². The molecule has 0 aliphatic carbocycles. The molecule has 4 unspecified atom stereocenters. The molecule has 0 aromatic rings. The van der Waals surface area contributed by atoms with Gasteiger partial charge in [0, 0.05) is 31.7 Å². The fourth-order valence-electron chi connectivity index (χ4n) is 5.25. The van der Waals surface area contributed by atoms with Crippen molar-refractivity contribution in [2.75, 3.05) is 45.9 Å². The lowest BCUT2D eigenvalue weighted by molar-refractivity contribution is -0.145. The van der Waals surface area contributed by atoms with E-state index in [1.165, 1.54) is 0 Å². The molecule has 0 aromatic heterocycles. The van der Waals surface area contributed by atoms with E-state index in [1.54, 1.807) is 0 Å². The number of carbonyl (C=O) groups excluding carboxylic acids is 1. The maximum Gasteiger partial charge on any atom is 0.320 e. The Labute approximate surface area is 211 Å². The van der Waals surface area contributed by atoms with E-state index in [9.17, 15) is 24.6 Å². The number of hydrogen-bond acceptors (Lipinski definition) is 7. The molecule has 35 heavy (non-hydrogen) atoms. The number of nitrogens with zero attached hydrogens (tertiary/aromatic N) is 3. The van der Waals surface area contributed by atoms with Gasteiger partial charge in [-0.15, -0.1) is 0 Å². The lowest BCUT2D eigenvalue weighted by Gasteiger charge is -2.40. The van der Waals surface area contributed by atoms with Crippen LogP contribution in [0.1, 0.15) is 73.6 Å². The average molecular weight is 500 g/mol. The first-order valence-electron chi connectivity index (χ1n) is 13.4. The number of rotatable bonds is 17. The molecular weight excluding hydrogens is 450 g/mol. The van der Waals surface area contributed by atoms with Crippen LogP contribution in [0.25, 0.3) is 0 Å². The molecule has 1 fully saturated rings. The minimum absolute atomic E-state index is 0.0775. The molecule has 9 heteroatoms. The second kappa shape index (κ2) is 16.1. The third-order valence-corrected chi connectivity index (χ3v) is 7.74. The van der Waals surface area contributed by atoms with E-state index in [1.807, 2.05) is 16.7 Å². The highest BCUT2D eigenvalue weighted by Gasteiger charge is 2.34. The Morgan fingerprint density at radius 1 is 0.971 bits per heavy atom. The van der Waals surface area contributed by atoms with Crippen molar-refractivity contribution < 1.29 is 29.3 Å². The maximum atomic E-state index is 12.3. The average Bonchev–Trinajstić information content (AvgIpc) is 3.00. The van der Waals surface area contributed by atoms with Gasteiger partial charge in [-0.3, -0.25) is 29.1 Å². The lowest BCUT2D eigenvalue weighted by Crippen LogP contribution is -2.54. The fourth-order valence-corrected chi connectivity index (χ4v) is 5.25. The van der Waals surface area contributed by atoms with Gasteiger partial charge in [-0.05, 0) is 31.1 Å². The number of aliphatic carboxylic acids is 2. The van der Waals surface area contributed by atoms with Crippen molar-refractivity contribution in [2.45, 2.75) is 91.8 Å². The number of ether oxygens (including phenoxy) is 1. The molecule has 0 radical (unpaired) electrons. The van der Waals surface area contributed by atoms with Crippen LogP contribution in [0.15, 0.2) is 0 Å². The Hall–Kier alpha value is -1.71. The standard InChI is InChI=1S/C26H49N3O6/c1-7-19(6)20(8-2)12-27(15-24(30)31)22(11-5)13-28(16-25(32)33)23-14-29(21(9-3)10-4)17-26(34)35-18-23/h19-23H,7-18H2,1-6H3,(H,30,31)(H,32,33). The Bertz CT molecular complexity index is 657. The van der Waals surface area contributed by atoms with Crippen molar-refractivity contribution in [1.82, 2.24) is 14.7 Å². The number of cyclic esters (lactones) is 1. The molecule has 1 rings (SSSR count). The molecule has 1 aliphatic heterocycles.